The molecular weight excluding hydrogens is 342 g/mol. The molecule has 0 radical (unpaired) electrons. The van der Waals surface area contributed by atoms with Crippen molar-refractivity contribution >= 4 is 8.32 Å². The summed E-state index contributed by atoms with van der Waals surface area (Å²) in [6.07, 6.45) is -0.0242. The largest absolute Gasteiger partial charge is 0.410 e. The molecule has 0 aromatic heterocycles. The zero-order chi connectivity index (χ0) is 19.6. The smallest absolute Gasteiger partial charge is 0.192 e. The lowest BCUT2D eigenvalue weighted by Gasteiger charge is -2.41. The first-order chi connectivity index (χ1) is 11.9. The van der Waals surface area contributed by atoms with Gasteiger partial charge < -0.3 is 19.2 Å². The molecule has 0 unspecified atom stereocenters. The topological polar surface area (TPSA) is 39.7 Å². The van der Waals surface area contributed by atoms with Crippen LogP contribution >= 0.6 is 0 Å². The van der Waals surface area contributed by atoms with Gasteiger partial charge >= 0.3 is 0 Å². The lowest BCUT2D eigenvalue weighted by atomic mass is 10.1. The second-order valence-corrected chi connectivity index (χ2v) is 14.1. The molecule has 4 nitrogen and oxygen atoms in total. The SMILES string of the molecule is C[C@H](N[C@@H]1COC(C)(C)OC[C@H]1O[Si](C)(C)C(C)(C)C)c1ccccc1. The predicted molar refractivity (Wildman–Crippen MR) is 110 cm³/mol. The van der Waals surface area contributed by atoms with Gasteiger partial charge in [-0.2, -0.15) is 0 Å². The van der Waals surface area contributed by atoms with Crippen LogP contribution in [0, 0.1) is 0 Å². The highest BCUT2D eigenvalue weighted by molar-refractivity contribution is 6.74. The van der Waals surface area contributed by atoms with Crippen LogP contribution in [0.15, 0.2) is 30.3 Å². The van der Waals surface area contributed by atoms with Crippen molar-refractivity contribution in [3.8, 4) is 0 Å². The van der Waals surface area contributed by atoms with Crippen molar-refractivity contribution in [3.63, 3.8) is 0 Å². The van der Waals surface area contributed by atoms with Gasteiger partial charge in [0.1, 0.15) is 0 Å². The second kappa shape index (κ2) is 8.11. The van der Waals surface area contributed by atoms with E-state index in [4.69, 9.17) is 13.9 Å². The summed E-state index contributed by atoms with van der Waals surface area (Å²) in [5.74, 6) is -0.582. The van der Waals surface area contributed by atoms with Crippen LogP contribution in [-0.4, -0.2) is 39.5 Å². The van der Waals surface area contributed by atoms with Crippen LogP contribution in [0.4, 0.5) is 0 Å². The van der Waals surface area contributed by atoms with Crippen molar-refractivity contribution in [3.05, 3.63) is 35.9 Å². The minimum atomic E-state index is -1.91. The fourth-order valence-corrected chi connectivity index (χ4v) is 4.17. The van der Waals surface area contributed by atoms with Gasteiger partial charge in [0, 0.05) is 6.04 Å². The zero-order valence-electron chi connectivity index (χ0n) is 17.8. The third-order valence-electron chi connectivity index (χ3n) is 5.67. The highest BCUT2D eigenvalue weighted by Crippen LogP contribution is 2.38. The molecule has 1 aromatic carbocycles. The van der Waals surface area contributed by atoms with Crippen LogP contribution in [-0.2, 0) is 13.9 Å². The third-order valence-corrected chi connectivity index (χ3v) is 10.2. The van der Waals surface area contributed by atoms with Crippen molar-refractivity contribution < 1.29 is 13.9 Å². The third kappa shape index (κ3) is 5.63. The van der Waals surface area contributed by atoms with E-state index >= 15 is 0 Å². The first-order valence-electron chi connectivity index (χ1n) is 9.68. The first-order valence-corrected chi connectivity index (χ1v) is 12.6. The Morgan fingerprint density at radius 3 is 2.27 bits per heavy atom. The fourth-order valence-electron chi connectivity index (χ4n) is 2.82. The van der Waals surface area contributed by atoms with Gasteiger partial charge in [-0.05, 0) is 44.5 Å². The van der Waals surface area contributed by atoms with Crippen molar-refractivity contribution in [2.45, 2.75) is 83.6 Å². The maximum Gasteiger partial charge on any atom is 0.192 e. The Morgan fingerprint density at radius 1 is 1.12 bits per heavy atom. The monoisotopic (exact) mass is 379 g/mol. The van der Waals surface area contributed by atoms with E-state index in [1.807, 2.05) is 19.9 Å². The van der Waals surface area contributed by atoms with Gasteiger partial charge in [0.2, 0.25) is 0 Å². The average molecular weight is 380 g/mol. The van der Waals surface area contributed by atoms with Crippen LogP contribution in [0.25, 0.3) is 0 Å². The molecule has 3 atom stereocenters. The van der Waals surface area contributed by atoms with Gasteiger partial charge in [-0.25, -0.2) is 0 Å². The fraction of sp³-hybridized carbons (Fsp3) is 0.714. The Hall–Kier alpha value is -0.723. The second-order valence-electron chi connectivity index (χ2n) is 9.34. The summed E-state index contributed by atoms with van der Waals surface area (Å²) in [4.78, 5) is 0. The zero-order valence-corrected chi connectivity index (χ0v) is 18.8. The molecule has 0 bridgehead atoms. The van der Waals surface area contributed by atoms with Gasteiger partial charge in [0.25, 0.3) is 0 Å². The van der Waals surface area contributed by atoms with Gasteiger partial charge in [-0.1, -0.05) is 51.1 Å². The van der Waals surface area contributed by atoms with Gasteiger partial charge in [0.05, 0.1) is 25.4 Å². The molecule has 1 heterocycles. The summed E-state index contributed by atoms with van der Waals surface area (Å²) in [7, 11) is -1.91. The van der Waals surface area contributed by atoms with Crippen molar-refractivity contribution in [1.82, 2.24) is 5.32 Å². The maximum atomic E-state index is 6.74. The predicted octanol–water partition coefficient (Wildman–Crippen LogP) is 4.88. The Labute approximate surface area is 160 Å². The Bertz CT molecular complexity index is 568. The van der Waals surface area contributed by atoms with Crippen LogP contribution in [0.5, 0.6) is 0 Å². The Morgan fingerprint density at radius 2 is 1.69 bits per heavy atom. The summed E-state index contributed by atoms with van der Waals surface area (Å²) in [6.45, 7) is 18.6. The molecule has 5 heteroatoms. The van der Waals surface area contributed by atoms with E-state index in [2.05, 4.69) is 70.4 Å². The van der Waals surface area contributed by atoms with Crippen LogP contribution in [0.3, 0.4) is 0 Å². The van der Waals surface area contributed by atoms with Crippen molar-refractivity contribution in [1.29, 1.82) is 0 Å². The summed E-state index contributed by atoms with van der Waals surface area (Å²) in [6, 6.07) is 10.8. The van der Waals surface area contributed by atoms with Crippen LogP contribution in [0.2, 0.25) is 18.1 Å². The molecule has 1 aromatic rings. The quantitative estimate of drug-likeness (QED) is 0.740. The molecule has 1 N–H and O–H groups in total. The van der Waals surface area contributed by atoms with Crippen LogP contribution in [0.1, 0.15) is 53.1 Å². The van der Waals surface area contributed by atoms with Gasteiger partial charge in [-0.3, -0.25) is 0 Å². The molecule has 0 amide bonds. The van der Waals surface area contributed by atoms with Crippen molar-refractivity contribution in [2.75, 3.05) is 13.2 Å². The molecule has 1 fully saturated rings. The molecule has 26 heavy (non-hydrogen) atoms. The van der Waals surface area contributed by atoms with Gasteiger partial charge in [-0.15, -0.1) is 0 Å². The summed E-state index contributed by atoms with van der Waals surface area (Å²) in [5, 5.41) is 3.89. The van der Waals surface area contributed by atoms with E-state index in [0.29, 0.717) is 13.2 Å². The molecule has 1 saturated heterocycles. The first kappa shape index (κ1) is 21.6. The number of benzene rings is 1. The summed E-state index contributed by atoms with van der Waals surface area (Å²) < 4.78 is 18.8. The molecule has 0 spiro atoms. The Balaban J connectivity index is 2.17. The molecule has 1 aliphatic rings. The highest BCUT2D eigenvalue weighted by atomic mass is 28.4. The molecule has 2 rings (SSSR count). The van der Waals surface area contributed by atoms with E-state index in [1.54, 1.807) is 0 Å². The number of hydrogen-bond acceptors (Lipinski definition) is 4. The molecule has 148 valence electrons. The Kier molecular flexibility index (Phi) is 6.73. The standard InChI is InChI=1S/C21H37NO3Si/c1-16(17-12-10-9-11-13-17)22-18-14-23-21(5,6)24-15-19(18)25-26(7,8)20(2,3)4/h9-13,16,18-19,22H,14-15H2,1-8H3/t16-,18+,19+/m0/s1. The normalized spacial score (nSPS) is 25.5. The number of ether oxygens (including phenoxy) is 2. The minimum Gasteiger partial charge on any atom is -0.410 e. The highest BCUT2D eigenvalue weighted by Gasteiger charge is 2.43. The van der Waals surface area contributed by atoms with E-state index in [-0.39, 0.29) is 23.2 Å². The number of hydrogen-bond donors (Lipinski definition) is 1. The lowest BCUT2D eigenvalue weighted by Crippen LogP contribution is -2.53. The number of rotatable bonds is 5. The van der Waals surface area contributed by atoms with E-state index in [9.17, 15) is 0 Å². The molecule has 1 aliphatic heterocycles. The summed E-state index contributed by atoms with van der Waals surface area (Å²) >= 11 is 0. The van der Waals surface area contributed by atoms with Gasteiger partial charge in [0.15, 0.2) is 14.1 Å². The van der Waals surface area contributed by atoms with Crippen molar-refractivity contribution in [2.24, 2.45) is 0 Å². The molecule has 0 aliphatic carbocycles. The molecular formula is C21H37NO3Si. The van der Waals surface area contributed by atoms with Crippen LogP contribution < -0.4 is 5.32 Å². The summed E-state index contributed by atoms with van der Waals surface area (Å²) in [5.41, 5.74) is 1.27. The van der Waals surface area contributed by atoms with E-state index < -0.39 is 14.1 Å². The van der Waals surface area contributed by atoms with E-state index in [1.165, 1.54) is 5.56 Å². The minimum absolute atomic E-state index is 0.0242. The average Bonchev–Trinajstić information content (AvgIpc) is 2.67. The number of nitrogens with one attached hydrogen (secondary N) is 1. The van der Waals surface area contributed by atoms with E-state index in [0.717, 1.165) is 0 Å². The maximum absolute atomic E-state index is 6.74. The molecule has 0 saturated carbocycles. The lowest BCUT2D eigenvalue weighted by molar-refractivity contribution is -0.203.